The Morgan fingerprint density at radius 1 is 0.410 bits per heavy atom. The molecular weight excluding hydrogens is 1100 g/mol. The van der Waals surface area contributed by atoms with Gasteiger partial charge in [0.25, 0.3) is 30.1 Å². The van der Waals surface area contributed by atoms with Crippen LogP contribution in [-0.2, 0) is 44.3 Å². The van der Waals surface area contributed by atoms with Gasteiger partial charge in [-0.3, -0.25) is 12.9 Å². The second-order valence-electron chi connectivity index (χ2n) is 21.7. The van der Waals surface area contributed by atoms with Gasteiger partial charge in [0.2, 0.25) is 0 Å². The van der Waals surface area contributed by atoms with Gasteiger partial charge in [0.15, 0.2) is 0 Å². The fraction of sp³-hybridized carbons (Fsp3) is 0.446. The molecule has 6 aromatic rings. The molecule has 3 heterocycles. The lowest BCUT2D eigenvalue weighted by Crippen LogP contribution is -2.26. The van der Waals surface area contributed by atoms with Crippen LogP contribution in [-0.4, -0.2) is 105 Å². The minimum absolute atomic E-state index is 0.154. The summed E-state index contributed by atoms with van der Waals surface area (Å²) in [4.78, 5) is 1.15. The topological polar surface area (TPSA) is 176 Å². The minimum Gasteiger partial charge on any atom is -0.382 e. The molecule has 0 saturated carbocycles. The molecule has 3 N–H and O–H groups in total. The van der Waals surface area contributed by atoms with Gasteiger partial charge in [0.1, 0.15) is 0 Å². The van der Waals surface area contributed by atoms with Crippen LogP contribution in [0.25, 0.3) is 0 Å². The maximum Gasteiger partial charge on any atom is 0.264 e. The van der Waals surface area contributed by atoms with E-state index >= 15 is 0 Å². The number of aryl methyl sites for hydroxylation is 3. The largest absolute Gasteiger partial charge is 0.382 e. The van der Waals surface area contributed by atoms with Crippen LogP contribution in [0.15, 0.2) is 142 Å². The summed E-state index contributed by atoms with van der Waals surface area (Å²) >= 11 is 0. The highest BCUT2D eigenvalue weighted by molar-refractivity contribution is 7.93. The molecule has 15 nitrogen and oxygen atoms in total. The van der Waals surface area contributed by atoms with Gasteiger partial charge >= 0.3 is 0 Å². The molecule has 0 saturated heterocycles. The second kappa shape index (κ2) is 29.9. The first-order valence-corrected chi connectivity index (χ1v) is 33.6. The molecule has 3 atom stereocenters. The van der Waals surface area contributed by atoms with Crippen molar-refractivity contribution >= 4 is 47.1 Å². The van der Waals surface area contributed by atoms with E-state index in [0.717, 1.165) is 165 Å². The Morgan fingerprint density at radius 2 is 0.711 bits per heavy atom. The summed E-state index contributed by atoms with van der Waals surface area (Å²) in [5, 5.41) is 10.8. The lowest BCUT2D eigenvalue weighted by atomic mass is 9.96. The third-order valence-corrected chi connectivity index (χ3v) is 20.8. The van der Waals surface area contributed by atoms with Crippen molar-refractivity contribution < 1.29 is 39.5 Å². The number of rotatable bonds is 22. The predicted molar refractivity (Wildman–Crippen MR) is 336 cm³/mol. The highest BCUT2D eigenvalue weighted by atomic mass is 32.2. The number of benzene rings is 6. The summed E-state index contributed by atoms with van der Waals surface area (Å²) in [6.45, 7) is 20.1. The normalized spacial score (nSPS) is 17.8. The standard InChI is InChI=1S/2C22H30N2O3S.C21H28N2O3S/c1-16(2)27-14-8-7-13-23-22-18-9-5-6-10-20(18)24(4)28(25,26)21-15-17(3)11-12-19(21)22;1-4-27-15-9-5-8-14-23-22-18-10-6-7-11-20(18)24(3)28(25,26)21-16-17(2)12-13-19(21)22;1-4-26-14-8-7-13-22-21-17-9-5-6-10-19(17)23(3)27(24,25)20-15-16(2)11-12-18(20)21/h5-6,9-12,15-16,22-23H,7-8,13-14H2,1-4H3;6-7,10-13,16,22-23H,4-5,8-9,14-15H2,1-3H3;5-6,9-12,15,21-22H,4,7-8,13-14H2,1-3H3. The van der Waals surface area contributed by atoms with Gasteiger partial charge in [0, 0.05) is 54.2 Å². The van der Waals surface area contributed by atoms with Crippen molar-refractivity contribution in [2.45, 2.75) is 132 Å². The first-order chi connectivity index (χ1) is 39.7. The van der Waals surface area contributed by atoms with Gasteiger partial charge < -0.3 is 30.2 Å². The van der Waals surface area contributed by atoms with Crippen molar-refractivity contribution in [3.63, 3.8) is 0 Å². The predicted octanol–water partition coefficient (Wildman–Crippen LogP) is 11.7. The molecule has 0 aliphatic carbocycles. The highest BCUT2D eigenvalue weighted by Crippen LogP contribution is 2.43. The smallest absolute Gasteiger partial charge is 0.264 e. The van der Waals surface area contributed by atoms with E-state index in [2.05, 4.69) is 16.0 Å². The Kier molecular flexibility index (Phi) is 23.4. The van der Waals surface area contributed by atoms with Crippen LogP contribution in [0, 0.1) is 20.8 Å². The molecule has 18 heteroatoms. The highest BCUT2D eigenvalue weighted by Gasteiger charge is 2.37. The van der Waals surface area contributed by atoms with Crippen LogP contribution in [0.2, 0.25) is 0 Å². The number of fused-ring (bicyclic) bond motifs is 6. The van der Waals surface area contributed by atoms with Gasteiger partial charge in [-0.25, -0.2) is 25.3 Å². The van der Waals surface area contributed by atoms with Crippen molar-refractivity contribution in [2.24, 2.45) is 0 Å². The molecule has 0 radical (unpaired) electrons. The van der Waals surface area contributed by atoms with Crippen molar-refractivity contribution in [1.29, 1.82) is 0 Å². The van der Waals surface area contributed by atoms with Gasteiger partial charge in [-0.2, -0.15) is 0 Å². The van der Waals surface area contributed by atoms with Crippen molar-refractivity contribution in [3.05, 3.63) is 177 Å². The van der Waals surface area contributed by atoms with Crippen LogP contribution in [0.5, 0.6) is 0 Å². The zero-order valence-corrected chi connectivity index (χ0v) is 52.7. The number of anilines is 3. The Bertz CT molecular complexity index is 3450. The van der Waals surface area contributed by atoms with Crippen molar-refractivity contribution in [3.8, 4) is 0 Å². The second-order valence-corrected chi connectivity index (χ2v) is 27.5. The number of nitrogens with one attached hydrogen (secondary N) is 3. The number of hydrogen-bond donors (Lipinski definition) is 3. The van der Waals surface area contributed by atoms with E-state index < -0.39 is 30.1 Å². The molecule has 0 amide bonds. The molecule has 0 bridgehead atoms. The summed E-state index contributed by atoms with van der Waals surface area (Å²) in [6, 6.07) is 39.8. The van der Waals surface area contributed by atoms with Crippen LogP contribution >= 0.6 is 0 Å². The van der Waals surface area contributed by atoms with E-state index in [4.69, 9.17) is 14.2 Å². The molecule has 0 fully saturated rings. The van der Waals surface area contributed by atoms with E-state index in [1.807, 2.05) is 158 Å². The van der Waals surface area contributed by atoms with Gasteiger partial charge in [-0.1, -0.05) is 91.0 Å². The third kappa shape index (κ3) is 15.6. The van der Waals surface area contributed by atoms with Gasteiger partial charge in [-0.05, 0) is 200 Å². The molecule has 0 aromatic heterocycles. The number of nitrogens with zero attached hydrogens (tertiary/aromatic N) is 3. The Balaban J connectivity index is 0.000000179. The monoisotopic (exact) mass is 1190 g/mol. The maximum atomic E-state index is 13.2. The Labute approximate surface area is 496 Å². The molecule has 6 aromatic carbocycles. The first kappa shape index (κ1) is 64.9. The Hall–Kier alpha value is -5.67. The SMILES string of the molecule is CCOCCCCCNC1c2ccccc2N(C)S(=O)(=O)c2cc(C)ccc21.CCOCCCCNC1c2ccccc2N(C)S(=O)(=O)c2cc(C)ccc21.Cc1ccc2c(c1)S(=O)(=O)N(C)c1ccccc1C2NCCCCOC(C)C. The minimum atomic E-state index is -3.60. The molecule has 83 heavy (non-hydrogen) atoms. The number of hydrogen-bond acceptors (Lipinski definition) is 12. The number of sulfonamides is 3. The fourth-order valence-electron chi connectivity index (χ4n) is 10.8. The molecular formula is C65H88N6O9S3. The zero-order valence-electron chi connectivity index (χ0n) is 50.3. The molecule has 9 rings (SSSR count). The number of para-hydroxylation sites is 3. The van der Waals surface area contributed by atoms with E-state index in [1.54, 1.807) is 39.3 Å². The third-order valence-electron chi connectivity index (χ3n) is 15.3. The van der Waals surface area contributed by atoms with E-state index in [-0.39, 0.29) is 24.2 Å². The summed E-state index contributed by atoms with van der Waals surface area (Å²) < 4.78 is 100. The maximum absolute atomic E-state index is 13.2. The number of ether oxygens (including phenoxy) is 3. The Morgan fingerprint density at radius 3 is 1.04 bits per heavy atom. The fourth-order valence-corrected chi connectivity index (χ4v) is 15.4. The van der Waals surface area contributed by atoms with Crippen LogP contribution in [0.1, 0.15) is 141 Å². The van der Waals surface area contributed by atoms with Crippen molar-refractivity contribution in [1.82, 2.24) is 16.0 Å². The average Bonchev–Trinajstić information content (AvgIpc) is 3.26. The van der Waals surface area contributed by atoms with Crippen molar-refractivity contribution in [2.75, 3.05) is 86.7 Å². The average molecular weight is 1190 g/mol. The van der Waals surface area contributed by atoms with E-state index in [1.165, 1.54) is 12.9 Å². The van der Waals surface area contributed by atoms with Gasteiger partial charge in [0.05, 0.1) is 56.0 Å². The first-order valence-electron chi connectivity index (χ1n) is 29.3. The molecule has 450 valence electrons. The zero-order chi connectivity index (χ0) is 59.9. The molecule has 3 unspecified atom stereocenters. The summed E-state index contributed by atoms with van der Waals surface area (Å²) in [5.74, 6) is 0. The lowest BCUT2D eigenvalue weighted by Gasteiger charge is -2.22. The number of unbranched alkanes of at least 4 members (excludes halogenated alkanes) is 4. The summed E-state index contributed by atoms with van der Waals surface area (Å²) in [6.07, 6.45) is 7.29. The van der Waals surface area contributed by atoms with Crippen LogP contribution in [0.3, 0.4) is 0 Å². The summed E-state index contributed by atoms with van der Waals surface area (Å²) in [5.41, 5.74) is 10.4. The molecule has 3 aliphatic rings. The van der Waals surface area contributed by atoms with Gasteiger partial charge in [-0.15, -0.1) is 0 Å². The quantitative estimate of drug-likeness (QED) is 0.0549. The lowest BCUT2D eigenvalue weighted by molar-refractivity contribution is 0.0760. The van der Waals surface area contributed by atoms with Crippen LogP contribution < -0.4 is 28.9 Å². The van der Waals surface area contributed by atoms with Crippen LogP contribution in [0.4, 0.5) is 17.1 Å². The van der Waals surface area contributed by atoms with E-state index in [9.17, 15) is 25.3 Å². The molecule has 0 spiro atoms. The summed E-state index contributed by atoms with van der Waals surface area (Å²) in [7, 11) is -5.90. The molecule has 3 aliphatic heterocycles. The van der Waals surface area contributed by atoms with E-state index in [0.29, 0.717) is 14.7 Å².